The van der Waals surface area contributed by atoms with Crippen molar-refractivity contribution in [2.45, 2.75) is 38.1 Å². The van der Waals surface area contributed by atoms with Gasteiger partial charge in [-0.25, -0.2) is 4.99 Å². The Morgan fingerprint density at radius 1 is 1.23 bits per heavy atom. The van der Waals surface area contributed by atoms with E-state index in [0.29, 0.717) is 6.04 Å². The molecule has 2 fully saturated rings. The molecule has 1 N–H and O–H groups in total. The number of fused-ring (bicyclic) bond motifs is 1. The van der Waals surface area contributed by atoms with Crippen molar-refractivity contribution in [3.05, 3.63) is 12.4 Å². The zero-order valence-electron chi connectivity index (χ0n) is 8.13. The van der Waals surface area contributed by atoms with Crippen LogP contribution in [-0.4, -0.2) is 12.8 Å². The van der Waals surface area contributed by atoms with Gasteiger partial charge in [0.1, 0.15) is 5.82 Å². The molecule has 0 spiro atoms. The topological polar surface area (TPSA) is 24.4 Å². The SMILES string of the molecule is C=NC(=C)N[C@@H]1CCC[C@@H]2CC[C@H]21. The zero-order chi connectivity index (χ0) is 9.26. The maximum Gasteiger partial charge on any atom is 0.118 e. The quantitative estimate of drug-likeness (QED) is 0.659. The van der Waals surface area contributed by atoms with E-state index >= 15 is 0 Å². The molecule has 2 saturated carbocycles. The molecular weight excluding hydrogens is 160 g/mol. The highest BCUT2D eigenvalue weighted by atomic mass is 15.1. The average molecular weight is 178 g/mol. The molecule has 2 rings (SSSR count). The van der Waals surface area contributed by atoms with E-state index in [2.05, 4.69) is 23.6 Å². The first kappa shape index (κ1) is 8.79. The van der Waals surface area contributed by atoms with E-state index in [4.69, 9.17) is 0 Å². The molecular formula is C11H18N2. The lowest BCUT2D eigenvalue weighted by Gasteiger charge is -2.46. The first-order valence-corrected chi connectivity index (χ1v) is 5.23. The van der Waals surface area contributed by atoms with Gasteiger partial charge in [-0.05, 0) is 37.8 Å². The summed E-state index contributed by atoms with van der Waals surface area (Å²) < 4.78 is 0. The average Bonchev–Trinajstić information content (AvgIpc) is 2.08. The summed E-state index contributed by atoms with van der Waals surface area (Å²) in [6.07, 6.45) is 6.93. The lowest BCUT2D eigenvalue weighted by Crippen LogP contribution is -2.46. The van der Waals surface area contributed by atoms with E-state index in [9.17, 15) is 0 Å². The predicted molar refractivity (Wildman–Crippen MR) is 55.7 cm³/mol. The fraction of sp³-hybridized carbons (Fsp3) is 0.727. The Kier molecular flexibility index (Phi) is 2.38. The van der Waals surface area contributed by atoms with Crippen LogP contribution in [0.5, 0.6) is 0 Å². The van der Waals surface area contributed by atoms with Crippen LogP contribution in [0.1, 0.15) is 32.1 Å². The molecule has 0 saturated heterocycles. The molecule has 0 amide bonds. The molecule has 2 heteroatoms. The fourth-order valence-electron chi connectivity index (χ4n) is 2.74. The van der Waals surface area contributed by atoms with Crippen LogP contribution in [-0.2, 0) is 0 Å². The molecule has 0 aromatic rings. The van der Waals surface area contributed by atoms with Crippen molar-refractivity contribution in [3.63, 3.8) is 0 Å². The summed E-state index contributed by atoms with van der Waals surface area (Å²) in [5.74, 6) is 2.63. The molecule has 0 aliphatic heterocycles. The fourth-order valence-corrected chi connectivity index (χ4v) is 2.74. The third-order valence-electron chi connectivity index (χ3n) is 3.63. The summed E-state index contributed by atoms with van der Waals surface area (Å²) in [5, 5.41) is 3.38. The summed E-state index contributed by atoms with van der Waals surface area (Å²) in [5.41, 5.74) is 0. The zero-order valence-corrected chi connectivity index (χ0v) is 8.13. The summed E-state index contributed by atoms with van der Waals surface area (Å²) in [6, 6.07) is 0.630. The number of nitrogens with one attached hydrogen (secondary N) is 1. The minimum absolute atomic E-state index is 0.630. The third kappa shape index (κ3) is 1.62. The van der Waals surface area contributed by atoms with Gasteiger partial charge >= 0.3 is 0 Å². The van der Waals surface area contributed by atoms with Crippen LogP contribution in [0.25, 0.3) is 0 Å². The minimum Gasteiger partial charge on any atom is -0.368 e. The number of hydrogen-bond donors (Lipinski definition) is 1. The van der Waals surface area contributed by atoms with Crippen molar-refractivity contribution in [3.8, 4) is 0 Å². The highest BCUT2D eigenvalue weighted by molar-refractivity contribution is 5.27. The normalized spacial score (nSPS) is 37.1. The van der Waals surface area contributed by atoms with Gasteiger partial charge in [0.25, 0.3) is 0 Å². The van der Waals surface area contributed by atoms with E-state index in [-0.39, 0.29) is 0 Å². The maximum absolute atomic E-state index is 3.81. The molecule has 0 heterocycles. The largest absolute Gasteiger partial charge is 0.368 e. The van der Waals surface area contributed by atoms with E-state index in [1.54, 1.807) is 0 Å². The van der Waals surface area contributed by atoms with Gasteiger partial charge < -0.3 is 5.32 Å². The van der Waals surface area contributed by atoms with Crippen LogP contribution >= 0.6 is 0 Å². The van der Waals surface area contributed by atoms with Crippen LogP contribution in [0, 0.1) is 11.8 Å². The smallest absolute Gasteiger partial charge is 0.118 e. The molecule has 0 aromatic carbocycles. The molecule has 72 valence electrons. The summed E-state index contributed by atoms with van der Waals surface area (Å²) >= 11 is 0. The second-order valence-corrected chi connectivity index (χ2v) is 4.29. The van der Waals surface area contributed by atoms with E-state index < -0.39 is 0 Å². The Labute approximate surface area is 80.1 Å². The number of rotatable bonds is 3. The molecule has 0 aromatic heterocycles. The Morgan fingerprint density at radius 2 is 2.08 bits per heavy atom. The highest BCUT2D eigenvalue weighted by Gasteiger charge is 2.39. The second-order valence-electron chi connectivity index (χ2n) is 4.29. The van der Waals surface area contributed by atoms with E-state index in [0.717, 1.165) is 17.7 Å². The first-order valence-electron chi connectivity index (χ1n) is 5.23. The summed E-state index contributed by atoms with van der Waals surface area (Å²) in [6.45, 7) is 7.29. The van der Waals surface area contributed by atoms with Gasteiger partial charge in [-0.3, -0.25) is 0 Å². The van der Waals surface area contributed by atoms with Crippen molar-refractivity contribution in [1.82, 2.24) is 5.32 Å². The Balaban J connectivity index is 1.90. The van der Waals surface area contributed by atoms with Gasteiger partial charge in [-0.1, -0.05) is 19.4 Å². The van der Waals surface area contributed by atoms with Gasteiger partial charge in [-0.15, -0.1) is 0 Å². The van der Waals surface area contributed by atoms with Crippen molar-refractivity contribution in [2.24, 2.45) is 16.8 Å². The third-order valence-corrected chi connectivity index (χ3v) is 3.63. The van der Waals surface area contributed by atoms with Crippen LogP contribution in [0.15, 0.2) is 17.4 Å². The monoisotopic (exact) mass is 178 g/mol. The van der Waals surface area contributed by atoms with Crippen molar-refractivity contribution >= 4 is 6.72 Å². The minimum atomic E-state index is 0.630. The molecule has 13 heavy (non-hydrogen) atoms. The molecule has 0 bridgehead atoms. The predicted octanol–water partition coefficient (Wildman–Crippen LogP) is 2.33. The standard InChI is InChI=1S/C11H18N2/c1-8(12-2)13-11-5-3-4-9-6-7-10(9)11/h9-11,13H,1-7H2/t9-,10-,11-/m1/s1. The van der Waals surface area contributed by atoms with Gasteiger partial charge in [0.15, 0.2) is 0 Å². The molecule has 2 aliphatic carbocycles. The van der Waals surface area contributed by atoms with Crippen LogP contribution < -0.4 is 5.32 Å². The molecule has 2 aliphatic rings. The second kappa shape index (κ2) is 3.52. The van der Waals surface area contributed by atoms with Crippen molar-refractivity contribution < 1.29 is 0 Å². The first-order chi connectivity index (χ1) is 6.31. The summed E-state index contributed by atoms with van der Waals surface area (Å²) in [4.78, 5) is 3.81. The molecule has 3 atom stereocenters. The lowest BCUT2D eigenvalue weighted by atomic mass is 9.63. The number of hydrogen-bond acceptors (Lipinski definition) is 2. The lowest BCUT2D eigenvalue weighted by molar-refractivity contribution is 0.0797. The van der Waals surface area contributed by atoms with E-state index in [1.807, 2.05) is 0 Å². The molecule has 2 nitrogen and oxygen atoms in total. The van der Waals surface area contributed by atoms with Crippen LogP contribution in [0.4, 0.5) is 0 Å². The number of aliphatic imine (C=N–C) groups is 1. The van der Waals surface area contributed by atoms with Gasteiger partial charge in [-0.2, -0.15) is 0 Å². The van der Waals surface area contributed by atoms with Gasteiger partial charge in [0, 0.05) is 6.04 Å². The van der Waals surface area contributed by atoms with Crippen LogP contribution in [0.3, 0.4) is 0 Å². The Morgan fingerprint density at radius 3 is 2.69 bits per heavy atom. The van der Waals surface area contributed by atoms with Crippen molar-refractivity contribution in [2.75, 3.05) is 0 Å². The highest BCUT2D eigenvalue weighted by Crippen LogP contribution is 2.44. The Bertz CT molecular complexity index is 222. The summed E-state index contributed by atoms with van der Waals surface area (Å²) in [7, 11) is 0. The Hall–Kier alpha value is -0.790. The molecule has 0 radical (unpaired) electrons. The molecule has 0 unspecified atom stereocenters. The van der Waals surface area contributed by atoms with E-state index in [1.165, 1.54) is 32.1 Å². The van der Waals surface area contributed by atoms with Crippen molar-refractivity contribution in [1.29, 1.82) is 0 Å². The van der Waals surface area contributed by atoms with Gasteiger partial charge in [0.05, 0.1) is 0 Å². The maximum atomic E-state index is 3.81. The van der Waals surface area contributed by atoms with Crippen LogP contribution in [0.2, 0.25) is 0 Å². The van der Waals surface area contributed by atoms with Gasteiger partial charge in [0.2, 0.25) is 0 Å². The number of nitrogens with zero attached hydrogens (tertiary/aromatic N) is 1.